The average Bonchev–Trinajstić information content (AvgIpc) is 2.07. The van der Waals surface area contributed by atoms with E-state index in [1.54, 1.807) is 0 Å². The van der Waals surface area contributed by atoms with Crippen LogP contribution in [0.2, 0.25) is 0 Å². The Morgan fingerprint density at radius 3 is 3.00 bits per heavy atom. The molecule has 0 radical (unpaired) electrons. The van der Waals surface area contributed by atoms with Crippen molar-refractivity contribution in [2.45, 2.75) is 37.8 Å². The van der Waals surface area contributed by atoms with Crippen LogP contribution in [-0.4, -0.2) is 18.8 Å². The molecule has 1 heterocycles. The lowest BCUT2D eigenvalue weighted by Crippen LogP contribution is -2.38. The average molecular weight is 155 g/mol. The number of ether oxygens (including phenoxy) is 1. The van der Waals surface area contributed by atoms with Gasteiger partial charge in [-0.15, -0.1) is 6.58 Å². The third-order valence-electron chi connectivity index (χ3n) is 2.13. The fourth-order valence-corrected chi connectivity index (χ4v) is 1.45. The Kier molecular flexibility index (Phi) is 3.60. The van der Waals surface area contributed by atoms with E-state index in [0.717, 1.165) is 19.4 Å². The summed E-state index contributed by atoms with van der Waals surface area (Å²) in [6.45, 7) is 4.54. The zero-order chi connectivity index (χ0) is 8.10. The second-order valence-electron chi connectivity index (χ2n) is 3.09. The molecule has 0 bridgehead atoms. The summed E-state index contributed by atoms with van der Waals surface area (Å²) in [7, 11) is 0. The molecule has 64 valence electrons. The van der Waals surface area contributed by atoms with Crippen molar-refractivity contribution < 1.29 is 4.74 Å². The Hall–Kier alpha value is -0.340. The van der Waals surface area contributed by atoms with Crippen molar-refractivity contribution in [3.63, 3.8) is 0 Å². The van der Waals surface area contributed by atoms with Crippen LogP contribution in [0.4, 0.5) is 0 Å². The Balaban J connectivity index is 2.26. The van der Waals surface area contributed by atoms with Gasteiger partial charge in [-0.25, -0.2) is 0 Å². The molecule has 0 saturated carbocycles. The van der Waals surface area contributed by atoms with Crippen molar-refractivity contribution in [1.29, 1.82) is 0 Å². The highest BCUT2D eigenvalue weighted by Crippen LogP contribution is 2.16. The number of hydrogen-bond donors (Lipinski definition) is 1. The summed E-state index contributed by atoms with van der Waals surface area (Å²) in [5, 5.41) is 0. The molecule has 2 unspecified atom stereocenters. The molecule has 2 nitrogen and oxygen atoms in total. The Bertz CT molecular complexity index is 119. The molecule has 0 spiro atoms. The summed E-state index contributed by atoms with van der Waals surface area (Å²) in [6, 6.07) is 0.160. The Morgan fingerprint density at radius 1 is 1.64 bits per heavy atom. The first kappa shape index (κ1) is 8.75. The van der Waals surface area contributed by atoms with Gasteiger partial charge < -0.3 is 10.5 Å². The van der Waals surface area contributed by atoms with E-state index in [2.05, 4.69) is 6.58 Å². The smallest absolute Gasteiger partial charge is 0.0728 e. The predicted octanol–water partition coefficient (Wildman–Crippen LogP) is 1.46. The van der Waals surface area contributed by atoms with Crippen molar-refractivity contribution in [1.82, 2.24) is 0 Å². The van der Waals surface area contributed by atoms with E-state index in [1.807, 2.05) is 6.08 Å². The molecular formula is C9H17NO. The van der Waals surface area contributed by atoms with Gasteiger partial charge in [-0.2, -0.15) is 0 Å². The minimum absolute atomic E-state index is 0.160. The third kappa shape index (κ3) is 2.64. The van der Waals surface area contributed by atoms with Crippen molar-refractivity contribution in [2.75, 3.05) is 6.61 Å². The van der Waals surface area contributed by atoms with Gasteiger partial charge in [0.05, 0.1) is 6.10 Å². The molecule has 0 aromatic rings. The van der Waals surface area contributed by atoms with E-state index in [1.165, 1.54) is 12.8 Å². The van der Waals surface area contributed by atoms with Gasteiger partial charge in [-0.1, -0.05) is 6.08 Å². The lowest BCUT2D eigenvalue weighted by Gasteiger charge is -2.27. The topological polar surface area (TPSA) is 35.2 Å². The summed E-state index contributed by atoms with van der Waals surface area (Å²) in [5.74, 6) is 0. The largest absolute Gasteiger partial charge is 0.377 e. The molecule has 0 aromatic heterocycles. The van der Waals surface area contributed by atoms with E-state index in [4.69, 9.17) is 10.5 Å². The van der Waals surface area contributed by atoms with Gasteiger partial charge in [0.15, 0.2) is 0 Å². The van der Waals surface area contributed by atoms with Crippen molar-refractivity contribution in [2.24, 2.45) is 5.73 Å². The fraction of sp³-hybridized carbons (Fsp3) is 0.778. The van der Waals surface area contributed by atoms with Crippen LogP contribution in [0.25, 0.3) is 0 Å². The zero-order valence-electron chi connectivity index (χ0n) is 6.96. The summed E-state index contributed by atoms with van der Waals surface area (Å²) in [6.07, 6.45) is 6.58. The quantitative estimate of drug-likeness (QED) is 0.626. The van der Waals surface area contributed by atoms with Gasteiger partial charge in [0.2, 0.25) is 0 Å². The van der Waals surface area contributed by atoms with Crippen LogP contribution in [0.15, 0.2) is 12.7 Å². The molecule has 2 atom stereocenters. The van der Waals surface area contributed by atoms with Crippen LogP contribution in [-0.2, 0) is 4.74 Å². The van der Waals surface area contributed by atoms with Gasteiger partial charge in [0.25, 0.3) is 0 Å². The van der Waals surface area contributed by atoms with Crippen LogP contribution >= 0.6 is 0 Å². The highest BCUT2D eigenvalue weighted by Gasteiger charge is 2.19. The van der Waals surface area contributed by atoms with E-state index < -0.39 is 0 Å². The standard InChI is InChI=1S/C9H17NO/c1-2-5-8(10)9-6-3-4-7-11-9/h2,8-9H,1,3-7,10H2. The highest BCUT2D eigenvalue weighted by molar-refractivity contribution is 4.82. The van der Waals surface area contributed by atoms with E-state index in [-0.39, 0.29) is 12.1 Å². The van der Waals surface area contributed by atoms with E-state index in [9.17, 15) is 0 Å². The molecular weight excluding hydrogens is 138 g/mol. The van der Waals surface area contributed by atoms with Crippen molar-refractivity contribution >= 4 is 0 Å². The number of hydrogen-bond acceptors (Lipinski definition) is 2. The highest BCUT2D eigenvalue weighted by atomic mass is 16.5. The number of rotatable bonds is 3. The fourth-order valence-electron chi connectivity index (χ4n) is 1.45. The SMILES string of the molecule is C=CCC(N)C1CCCCO1. The first-order valence-corrected chi connectivity index (χ1v) is 4.32. The maximum absolute atomic E-state index is 5.86. The first-order chi connectivity index (χ1) is 5.34. The maximum atomic E-state index is 5.86. The van der Waals surface area contributed by atoms with Crippen LogP contribution < -0.4 is 5.73 Å². The van der Waals surface area contributed by atoms with Crippen LogP contribution in [0.5, 0.6) is 0 Å². The predicted molar refractivity (Wildman–Crippen MR) is 46.4 cm³/mol. The molecule has 1 aliphatic heterocycles. The molecule has 0 amide bonds. The summed E-state index contributed by atoms with van der Waals surface area (Å²) in [5.41, 5.74) is 5.86. The van der Waals surface area contributed by atoms with Crippen LogP contribution in [0.3, 0.4) is 0 Å². The van der Waals surface area contributed by atoms with Gasteiger partial charge >= 0.3 is 0 Å². The normalized spacial score (nSPS) is 27.9. The molecule has 1 saturated heterocycles. The molecule has 1 fully saturated rings. The van der Waals surface area contributed by atoms with Crippen molar-refractivity contribution in [3.8, 4) is 0 Å². The zero-order valence-corrected chi connectivity index (χ0v) is 6.96. The molecule has 1 aliphatic rings. The molecule has 0 aromatic carbocycles. The lowest BCUT2D eigenvalue weighted by molar-refractivity contribution is 0.00114. The van der Waals surface area contributed by atoms with Crippen LogP contribution in [0.1, 0.15) is 25.7 Å². The first-order valence-electron chi connectivity index (χ1n) is 4.32. The van der Waals surface area contributed by atoms with Crippen LogP contribution in [0, 0.1) is 0 Å². The summed E-state index contributed by atoms with van der Waals surface area (Å²) >= 11 is 0. The molecule has 2 heteroatoms. The maximum Gasteiger partial charge on any atom is 0.0728 e. The molecule has 2 N–H and O–H groups in total. The minimum Gasteiger partial charge on any atom is -0.377 e. The monoisotopic (exact) mass is 155 g/mol. The van der Waals surface area contributed by atoms with E-state index in [0.29, 0.717) is 0 Å². The van der Waals surface area contributed by atoms with Crippen molar-refractivity contribution in [3.05, 3.63) is 12.7 Å². The lowest BCUT2D eigenvalue weighted by atomic mass is 10.0. The molecule has 11 heavy (non-hydrogen) atoms. The summed E-state index contributed by atoms with van der Waals surface area (Å²) in [4.78, 5) is 0. The Labute approximate surface area is 68.4 Å². The van der Waals surface area contributed by atoms with Gasteiger partial charge in [0, 0.05) is 12.6 Å². The minimum atomic E-state index is 0.160. The van der Waals surface area contributed by atoms with Gasteiger partial charge in [0.1, 0.15) is 0 Å². The van der Waals surface area contributed by atoms with Gasteiger partial charge in [-0.05, 0) is 25.7 Å². The van der Waals surface area contributed by atoms with Gasteiger partial charge in [-0.3, -0.25) is 0 Å². The second-order valence-corrected chi connectivity index (χ2v) is 3.09. The third-order valence-corrected chi connectivity index (χ3v) is 2.13. The summed E-state index contributed by atoms with van der Waals surface area (Å²) < 4.78 is 5.52. The molecule has 1 rings (SSSR count). The molecule has 0 aliphatic carbocycles. The van der Waals surface area contributed by atoms with E-state index >= 15 is 0 Å². The Morgan fingerprint density at radius 2 is 2.45 bits per heavy atom. The second kappa shape index (κ2) is 4.52. The number of nitrogens with two attached hydrogens (primary N) is 1.